The van der Waals surface area contributed by atoms with Crippen LogP contribution < -0.4 is 0 Å². The van der Waals surface area contributed by atoms with Crippen LogP contribution in [0.25, 0.3) is 0 Å². The highest BCUT2D eigenvalue weighted by Crippen LogP contribution is 2.31. The van der Waals surface area contributed by atoms with Gasteiger partial charge in [0.2, 0.25) is 0 Å². The maximum absolute atomic E-state index is 6.21. The Morgan fingerprint density at radius 3 is 2.60 bits per heavy atom. The van der Waals surface area contributed by atoms with E-state index >= 15 is 0 Å². The molecule has 20 heavy (non-hydrogen) atoms. The van der Waals surface area contributed by atoms with Crippen LogP contribution >= 0.6 is 27.5 Å². The zero-order valence-electron chi connectivity index (χ0n) is 12.4. The zero-order valence-corrected chi connectivity index (χ0v) is 14.7. The first-order valence-electron chi connectivity index (χ1n) is 6.98. The van der Waals surface area contributed by atoms with Crippen LogP contribution in [0.3, 0.4) is 0 Å². The number of aromatic nitrogens is 2. The van der Waals surface area contributed by atoms with Crippen molar-refractivity contribution in [3.8, 4) is 0 Å². The van der Waals surface area contributed by atoms with E-state index in [1.807, 2.05) is 0 Å². The number of hydrogen-bond acceptors (Lipinski definition) is 4. The first-order chi connectivity index (χ1) is 9.40. The Labute approximate surface area is 134 Å². The van der Waals surface area contributed by atoms with Gasteiger partial charge in [-0.3, -0.25) is 4.90 Å². The van der Waals surface area contributed by atoms with Gasteiger partial charge in [0.05, 0.1) is 16.8 Å². The van der Waals surface area contributed by atoms with Crippen molar-refractivity contribution in [2.45, 2.75) is 45.8 Å². The predicted molar refractivity (Wildman–Crippen MR) is 84.2 cm³/mol. The number of halogens is 2. The highest BCUT2D eigenvalue weighted by atomic mass is 79.9. The van der Waals surface area contributed by atoms with Gasteiger partial charge in [0.25, 0.3) is 0 Å². The van der Waals surface area contributed by atoms with Crippen LogP contribution in [0, 0.1) is 0 Å². The standard InChI is InChI=1S/C14H21BrClN3O/c1-8(2)12-11(15)13(16)18-14(17-12)10-7-19(9(3)4)5-6-20-10/h8-10H,5-7H2,1-4H3. The molecule has 1 unspecified atom stereocenters. The lowest BCUT2D eigenvalue weighted by Crippen LogP contribution is -2.42. The van der Waals surface area contributed by atoms with Gasteiger partial charge in [0, 0.05) is 19.1 Å². The maximum atomic E-state index is 6.21. The number of rotatable bonds is 3. The maximum Gasteiger partial charge on any atom is 0.160 e. The Hall–Kier alpha value is -0.230. The molecular weight excluding hydrogens is 342 g/mol. The van der Waals surface area contributed by atoms with Gasteiger partial charge >= 0.3 is 0 Å². The average Bonchev–Trinajstić information content (AvgIpc) is 2.41. The molecule has 0 bridgehead atoms. The summed E-state index contributed by atoms with van der Waals surface area (Å²) in [5, 5.41) is 0.462. The molecule has 0 amide bonds. The quantitative estimate of drug-likeness (QED) is 0.767. The van der Waals surface area contributed by atoms with Crippen LogP contribution in [0.1, 0.15) is 51.2 Å². The Balaban J connectivity index is 2.28. The van der Waals surface area contributed by atoms with Gasteiger partial charge in [0.1, 0.15) is 11.3 Å². The highest BCUT2D eigenvalue weighted by molar-refractivity contribution is 9.10. The molecule has 1 atom stereocenters. The second-order valence-electron chi connectivity index (χ2n) is 5.67. The summed E-state index contributed by atoms with van der Waals surface area (Å²) in [4.78, 5) is 11.4. The minimum absolute atomic E-state index is 0.103. The van der Waals surface area contributed by atoms with E-state index in [9.17, 15) is 0 Å². The Kier molecular flexibility index (Phi) is 5.40. The Bertz CT molecular complexity index is 482. The van der Waals surface area contributed by atoms with Gasteiger partial charge in [-0.25, -0.2) is 9.97 Å². The van der Waals surface area contributed by atoms with Crippen molar-refractivity contribution < 1.29 is 4.74 Å². The van der Waals surface area contributed by atoms with Crippen molar-refractivity contribution in [1.29, 1.82) is 0 Å². The molecule has 1 saturated heterocycles. The fourth-order valence-corrected chi connectivity index (χ4v) is 3.09. The lowest BCUT2D eigenvalue weighted by Gasteiger charge is -2.35. The van der Waals surface area contributed by atoms with Crippen LogP contribution in [0.4, 0.5) is 0 Å². The van der Waals surface area contributed by atoms with Crippen LogP contribution in [-0.2, 0) is 4.74 Å². The molecule has 2 heterocycles. The summed E-state index contributed by atoms with van der Waals surface area (Å²) in [6, 6.07) is 0.497. The molecule has 0 radical (unpaired) electrons. The van der Waals surface area contributed by atoms with Gasteiger partial charge in [-0.05, 0) is 35.7 Å². The Morgan fingerprint density at radius 1 is 1.30 bits per heavy atom. The lowest BCUT2D eigenvalue weighted by atomic mass is 10.1. The smallest absolute Gasteiger partial charge is 0.160 e. The average molecular weight is 363 g/mol. The summed E-state index contributed by atoms with van der Waals surface area (Å²) in [5.41, 5.74) is 0.935. The van der Waals surface area contributed by atoms with Crippen LogP contribution in [0.5, 0.6) is 0 Å². The Morgan fingerprint density at radius 2 is 2.00 bits per heavy atom. The van der Waals surface area contributed by atoms with Crippen molar-refractivity contribution in [3.63, 3.8) is 0 Å². The SMILES string of the molecule is CC(C)c1nc(C2CN(C(C)C)CCO2)nc(Cl)c1Br. The first-order valence-corrected chi connectivity index (χ1v) is 8.15. The van der Waals surface area contributed by atoms with E-state index in [4.69, 9.17) is 16.3 Å². The van der Waals surface area contributed by atoms with Crippen molar-refractivity contribution in [3.05, 3.63) is 21.1 Å². The molecule has 1 fully saturated rings. The third-order valence-electron chi connectivity index (χ3n) is 3.52. The monoisotopic (exact) mass is 361 g/mol. The van der Waals surface area contributed by atoms with Crippen molar-refractivity contribution in [1.82, 2.24) is 14.9 Å². The molecule has 1 aliphatic rings. The number of hydrogen-bond donors (Lipinski definition) is 0. The molecule has 1 aromatic heterocycles. The van der Waals surface area contributed by atoms with Gasteiger partial charge in [-0.1, -0.05) is 25.4 Å². The lowest BCUT2D eigenvalue weighted by molar-refractivity contribution is -0.0444. The summed E-state index contributed by atoms with van der Waals surface area (Å²) >= 11 is 9.68. The third kappa shape index (κ3) is 3.50. The second kappa shape index (κ2) is 6.69. The van der Waals surface area contributed by atoms with E-state index in [1.165, 1.54) is 0 Å². The van der Waals surface area contributed by atoms with Gasteiger partial charge in [-0.15, -0.1) is 0 Å². The fourth-order valence-electron chi connectivity index (χ4n) is 2.27. The molecule has 0 N–H and O–H groups in total. The molecule has 0 aromatic carbocycles. The summed E-state index contributed by atoms with van der Waals surface area (Å²) in [6.07, 6.45) is -0.103. The zero-order chi connectivity index (χ0) is 14.9. The van der Waals surface area contributed by atoms with Crippen molar-refractivity contribution >= 4 is 27.5 Å². The largest absolute Gasteiger partial charge is 0.368 e. The van der Waals surface area contributed by atoms with E-state index in [-0.39, 0.29) is 12.0 Å². The first kappa shape index (κ1) is 16.1. The molecule has 2 rings (SSSR count). The highest BCUT2D eigenvalue weighted by Gasteiger charge is 2.27. The van der Waals surface area contributed by atoms with Crippen LogP contribution in [0.15, 0.2) is 4.47 Å². The van der Waals surface area contributed by atoms with Crippen LogP contribution in [0.2, 0.25) is 5.15 Å². The van der Waals surface area contributed by atoms with Crippen LogP contribution in [-0.4, -0.2) is 40.6 Å². The van der Waals surface area contributed by atoms with Gasteiger partial charge < -0.3 is 4.74 Å². The summed E-state index contributed by atoms with van der Waals surface area (Å²) in [5.74, 6) is 0.973. The van der Waals surface area contributed by atoms with Crippen molar-refractivity contribution in [2.24, 2.45) is 0 Å². The summed E-state index contributed by atoms with van der Waals surface area (Å²) in [7, 11) is 0. The third-order valence-corrected chi connectivity index (χ3v) is 4.80. The van der Waals surface area contributed by atoms with E-state index in [2.05, 4.69) is 58.5 Å². The van der Waals surface area contributed by atoms with E-state index in [0.29, 0.717) is 23.6 Å². The van der Waals surface area contributed by atoms with Gasteiger partial charge in [0.15, 0.2) is 5.82 Å². The molecule has 0 saturated carbocycles. The molecule has 1 aliphatic heterocycles. The normalized spacial score (nSPS) is 20.9. The summed E-state index contributed by atoms with van der Waals surface area (Å²) in [6.45, 7) is 11.0. The minimum Gasteiger partial charge on any atom is -0.368 e. The molecule has 4 nitrogen and oxygen atoms in total. The number of nitrogens with zero attached hydrogens (tertiary/aromatic N) is 3. The molecule has 0 spiro atoms. The second-order valence-corrected chi connectivity index (χ2v) is 6.83. The van der Waals surface area contributed by atoms with E-state index < -0.39 is 0 Å². The fraction of sp³-hybridized carbons (Fsp3) is 0.714. The minimum atomic E-state index is -0.103. The molecular formula is C14H21BrClN3O. The molecule has 112 valence electrons. The van der Waals surface area contributed by atoms with E-state index in [0.717, 1.165) is 23.3 Å². The van der Waals surface area contributed by atoms with Crippen molar-refractivity contribution in [2.75, 3.05) is 19.7 Å². The number of morpholine rings is 1. The van der Waals surface area contributed by atoms with E-state index in [1.54, 1.807) is 0 Å². The summed E-state index contributed by atoms with van der Waals surface area (Å²) < 4.78 is 6.62. The predicted octanol–water partition coefficient (Wildman–Crippen LogP) is 3.80. The van der Waals surface area contributed by atoms with Gasteiger partial charge in [-0.2, -0.15) is 0 Å². The topological polar surface area (TPSA) is 38.2 Å². The molecule has 1 aromatic rings. The number of ether oxygens (including phenoxy) is 1. The molecule has 0 aliphatic carbocycles. The molecule has 6 heteroatoms.